The quantitative estimate of drug-likeness (QED) is 0.361. The van der Waals surface area contributed by atoms with Gasteiger partial charge in [0, 0.05) is 19.3 Å². The third-order valence-electron chi connectivity index (χ3n) is 3.74. The summed E-state index contributed by atoms with van der Waals surface area (Å²) in [6, 6.07) is 11.8. The Kier molecular flexibility index (Phi) is 6.43. The molecule has 1 aromatic rings. The summed E-state index contributed by atoms with van der Waals surface area (Å²) in [5, 5.41) is 9.26. The highest BCUT2D eigenvalue weighted by atomic mass is 16.5. The normalized spacial score (nSPS) is 15.9. The van der Waals surface area contributed by atoms with Crippen LogP contribution in [-0.2, 0) is 9.53 Å². The summed E-state index contributed by atoms with van der Waals surface area (Å²) in [6.07, 6.45) is 7.27. The molecule has 2 rings (SSSR count). The fourth-order valence-corrected chi connectivity index (χ4v) is 2.57. The molecule has 0 N–H and O–H groups in total. The molecule has 1 aromatic carbocycles. The Morgan fingerprint density at radius 1 is 1.26 bits per heavy atom. The second kappa shape index (κ2) is 8.79. The Morgan fingerprint density at radius 3 is 2.57 bits per heavy atom. The predicted octanol–water partition coefficient (Wildman–Crippen LogP) is 3.53. The van der Waals surface area contributed by atoms with Crippen LogP contribution < -0.4 is 0 Å². The Hall–Kier alpha value is -2.54. The van der Waals surface area contributed by atoms with Crippen LogP contribution in [0.1, 0.15) is 31.7 Å². The monoisotopic (exact) mass is 310 g/mol. The predicted molar refractivity (Wildman–Crippen MR) is 90.2 cm³/mol. The van der Waals surface area contributed by atoms with Crippen molar-refractivity contribution in [2.24, 2.45) is 0 Å². The summed E-state index contributed by atoms with van der Waals surface area (Å²) in [5.74, 6) is -0.574. The maximum absolute atomic E-state index is 11.9. The van der Waals surface area contributed by atoms with Gasteiger partial charge in [0.25, 0.3) is 0 Å². The minimum atomic E-state index is -0.574. The van der Waals surface area contributed by atoms with E-state index in [2.05, 4.69) is 4.90 Å². The highest BCUT2D eigenvalue weighted by Gasteiger charge is 2.13. The minimum absolute atomic E-state index is 0.0268. The fraction of sp³-hybridized carbons (Fsp3) is 0.368. The number of carbonyl (C=O) groups excluding carboxylic acids is 1. The molecule has 23 heavy (non-hydrogen) atoms. The molecule has 0 radical (unpaired) electrons. The van der Waals surface area contributed by atoms with Crippen LogP contribution in [0.4, 0.5) is 0 Å². The minimum Gasteiger partial charge on any atom is -0.462 e. The molecule has 1 heterocycles. The van der Waals surface area contributed by atoms with E-state index in [1.165, 1.54) is 19.3 Å². The molecule has 0 bridgehead atoms. The van der Waals surface area contributed by atoms with Gasteiger partial charge in [-0.2, -0.15) is 5.26 Å². The molecular formula is C19H22N2O2. The van der Waals surface area contributed by atoms with E-state index in [1.807, 2.05) is 42.6 Å². The third kappa shape index (κ3) is 5.00. The van der Waals surface area contributed by atoms with Crippen LogP contribution in [0.3, 0.4) is 0 Å². The van der Waals surface area contributed by atoms with Gasteiger partial charge in [0.2, 0.25) is 0 Å². The van der Waals surface area contributed by atoms with Gasteiger partial charge in [0.1, 0.15) is 11.6 Å². The lowest BCUT2D eigenvalue weighted by Crippen LogP contribution is -2.24. The van der Waals surface area contributed by atoms with E-state index in [1.54, 1.807) is 13.0 Å². The van der Waals surface area contributed by atoms with Gasteiger partial charge in [-0.15, -0.1) is 0 Å². The molecule has 0 atom stereocenters. The first-order valence-electron chi connectivity index (χ1n) is 8.05. The molecule has 120 valence electrons. The number of benzene rings is 1. The van der Waals surface area contributed by atoms with Gasteiger partial charge < -0.3 is 9.64 Å². The van der Waals surface area contributed by atoms with Crippen molar-refractivity contribution in [2.75, 3.05) is 19.7 Å². The molecule has 0 spiro atoms. The van der Waals surface area contributed by atoms with Crippen LogP contribution in [0.2, 0.25) is 0 Å². The Labute approximate surface area is 137 Å². The first kappa shape index (κ1) is 16.8. The zero-order valence-corrected chi connectivity index (χ0v) is 13.5. The highest BCUT2D eigenvalue weighted by Crippen LogP contribution is 2.21. The first-order valence-corrected chi connectivity index (χ1v) is 8.05. The maximum Gasteiger partial charge on any atom is 0.348 e. The standard InChI is InChI=1S/C19H22N2O2/c1-2-23-19(22)17(14-20)13-18(16-9-5-3-6-10-16)15-21-11-7-4-8-12-21/h3,5-6,9-10,13,15H,2,4,7-8,11-12H2,1H3/b17-13+,18-15-. The number of ether oxygens (including phenoxy) is 1. The Bertz CT molecular complexity index is 621. The smallest absolute Gasteiger partial charge is 0.348 e. The number of esters is 1. The van der Waals surface area contributed by atoms with Crippen LogP contribution in [0.5, 0.6) is 0 Å². The average Bonchev–Trinajstić information content (AvgIpc) is 2.60. The van der Waals surface area contributed by atoms with Crippen LogP contribution in [0, 0.1) is 11.3 Å². The highest BCUT2D eigenvalue weighted by molar-refractivity contribution is 5.96. The number of hydrogen-bond donors (Lipinski definition) is 0. The van der Waals surface area contributed by atoms with E-state index in [0.29, 0.717) is 0 Å². The third-order valence-corrected chi connectivity index (χ3v) is 3.74. The lowest BCUT2D eigenvalue weighted by atomic mass is 10.0. The van der Waals surface area contributed by atoms with Crippen molar-refractivity contribution < 1.29 is 9.53 Å². The molecule has 0 aliphatic carbocycles. The van der Waals surface area contributed by atoms with Gasteiger partial charge in [-0.25, -0.2) is 4.79 Å². The van der Waals surface area contributed by atoms with Crippen molar-refractivity contribution in [1.29, 1.82) is 5.26 Å². The van der Waals surface area contributed by atoms with Gasteiger partial charge in [0.15, 0.2) is 0 Å². The molecule has 4 nitrogen and oxygen atoms in total. The number of nitriles is 1. The number of hydrogen-bond acceptors (Lipinski definition) is 4. The zero-order chi connectivity index (χ0) is 16.5. The molecule has 0 unspecified atom stereocenters. The van der Waals surface area contributed by atoms with Gasteiger partial charge in [-0.05, 0) is 43.4 Å². The van der Waals surface area contributed by atoms with E-state index >= 15 is 0 Å². The number of nitrogens with zero attached hydrogens (tertiary/aromatic N) is 2. The van der Waals surface area contributed by atoms with Crippen molar-refractivity contribution in [3.05, 3.63) is 53.7 Å². The van der Waals surface area contributed by atoms with Gasteiger partial charge in [-0.3, -0.25) is 0 Å². The van der Waals surface area contributed by atoms with Gasteiger partial charge in [0.05, 0.1) is 6.61 Å². The SMILES string of the molecule is CCOC(=O)/C(C#N)=C/C(=C/N1CCCCC1)c1ccccc1. The number of carbonyl (C=O) groups is 1. The maximum atomic E-state index is 11.9. The fourth-order valence-electron chi connectivity index (χ4n) is 2.57. The van der Waals surface area contributed by atoms with Crippen molar-refractivity contribution >= 4 is 11.5 Å². The van der Waals surface area contributed by atoms with E-state index in [0.717, 1.165) is 24.2 Å². The molecular weight excluding hydrogens is 288 g/mol. The van der Waals surface area contributed by atoms with Crippen molar-refractivity contribution in [1.82, 2.24) is 4.90 Å². The summed E-state index contributed by atoms with van der Waals surface area (Å²) in [6.45, 7) is 4.00. The van der Waals surface area contributed by atoms with Crippen molar-refractivity contribution in [2.45, 2.75) is 26.2 Å². The summed E-state index contributed by atoms with van der Waals surface area (Å²) in [7, 11) is 0. The molecule has 1 aliphatic rings. The van der Waals surface area contributed by atoms with Gasteiger partial charge in [-0.1, -0.05) is 30.3 Å². The van der Waals surface area contributed by atoms with Crippen LogP contribution in [0.25, 0.3) is 5.57 Å². The molecule has 1 saturated heterocycles. The van der Waals surface area contributed by atoms with Crippen molar-refractivity contribution in [3.63, 3.8) is 0 Å². The van der Waals surface area contributed by atoms with Crippen molar-refractivity contribution in [3.8, 4) is 6.07 Å². The number of rotatable bonds is 5. The van der Waals surface area contributed by atoms with Gasteiger partial charge >= 0.3 is 5.97 Å². The number of likely N-dealkylation sites (tertiary alicyclic amines) is 1. The molecule has 0 aromatic heterocycles. The lowest BCUT2D eigenvalue weighted by molar-refractivity contribution is -0.138. The van der Waals surface area contributed by atoms with E-state index in [4.69, 9.17) is 4.74 Å². The second-order valence-electron chi connectivity index (χ2n) is 5.44. The topological polar surface area (TPSA) is 53.3 Å². The second-order valence-corrected chi connectivity index (χ2v) is 5.44. The molecule has 1 aliphatic heterocycles. The lowest BCUT2D eigenvalue weighted by Gasteiger charge is -2.26. The summed E-state index contributed by atoms with van der Waals surface area (Å²) in [5.41, 5.74) is 1.87. The van der Waals surface area contributed by atoms with E-state index < -0.39 is 5.97 Å². The molecule has 0 saturated carbocycles. The van der Waals surface area contributed by atoms with Crippen LogP contribution in [-0.4, -0.2) is 30.6 Å². The van der Waals surface area contributed by atoms with E-state index in [-0.39, 0.29) is 12.2 Å². The molecule has 1 fully saturated rings. The van der Waals surface area contributed by atoms with Crippen LogP contribution >= 0.6 is 0 Å². The Morgan fingerprint density at radius 2 is 1.96 bits per heavy atom. The molecule has 4 heteroatoms. The summed E-state index contributed by atoms with van der Waals surface area (Å²) >= 11 is 0. The summed E-state index contributed by atoms with van der Waals surface area (Å²) < 4.78 is 4.95. The average molecular weight is 310 g/mol. The molecule has 0 amide bonds. The largest absolute Gasteiger partial charge is 0.462 e. The van der Waals surface area contributed by atoms with E-state index in [9.17, 15) is 10.1 Å². The summed E-state index contributed by atoms with van der Waals surface area (Å²) in [4.78, 5) is 14.1. The van der Waals surface area contributed by atoms with Crippen LogP contribution in [0.15, 0.2) is 48.2 Å². The zero-order valence-electron chi connectivity index (χ0n) is 13.5. The first-order chi connectivity index (χ1) is 11.2. The number of piperidine rings is 1. The number of allylic oxidation sites excluding steroid dienone is 2. The Balaban J connectivity index is 2.35.